The summed E-state index contributed by atoms with van der Waals surface area (Å²) in [6, 6.07) is 6.80. The van der Waals surface area contributed by atoms with Gasteiger partial charge in [0.05, 0.1) is 12.6 Å². The van der Waals surface area contributed by atoms with Gasteiger partial charge in [-0.1, -0.05) is 19.3 Å². The van der Waals surface area contributed by atoms with Crippen molar-refractivity contribution in [3.8, 4) is 18.1 Å². The average Bonchev–Trinajstić information content (AvgIpc) is 2.39. The van der Waals surface area contributed by atoms with Gasteiger partial charge in [0.2, 0.25) is 0 Å². The van der Waals surface area contributed by atoms with E-state index in [4.69, 9.17) is 11.2 Å². The van der Waals surface area contributed by atoms with E-state index in [0.717, 1.165) is 18.6 Å². The van der Waals surface area contributed by atoms with Crippen molar-refractivity contribution in [3.05, 3.63) is 29.8 Å². The first-order valence-corrected chi connectivity index (χ1v) is 6.17. The zero-order chi connectivity index (χ0) is 13.4. The van der Waals surface area contributed by atoms with Crippen molar-refractivity contribution in [3.63, 3.8) is 0 Å². The smallest absolute Gasteiger partial charge is 0.252 e. The average molecular weight is 245 g/mol. The number of amides is 1. The third-order valence-corrected chi connectivity index (χ3v) is 2.48. The summed E-state index contributed by atoms with van der Waals surface area (Å²) < 4.78 is 5.52. The van der Waals surface area contributed by atoms with Crippen LogP contribution in [0.3, 0.4) is 0 Å². The summed E-state index contributed by atoms with van der Waals surface area (Å²) in [7, 11) is 0. The van der Waals surface area contributed by atoms with Crippen molar-refractivity contribution in [1.82, 2.24) is 5.32 Å². The van der Waals surface area contributed by atoms with E-state index in [-0.39, 0.29) is 11.9 Å². The van der Waals surface area contributed by atoms with Crippen molar-refractivity contribution < 1.29 is 9.53 Å². The molecule has 0 fully saturated rings. The highest BCUT2D eigenvalue weighted by Crippen LogP contribution is 2.12. The van der Waals surface area contributed by atoms with E-state index < -0.39 is 0 Å². The molecule has 1 N–H and O–H groups in total. The van der Waals surface area contributed by atoms with Crippen LogP contribution in [-0.4, -0.2) is 18.6 Å². The van der Waals surface area contributed by atoms with Gasteiger partial charge in [0, 0.05) is 5.56 Å². The fourth-order valence-corrected chi connectivity index (χ4v) is 1.36. The lowest BCUT2D eigenvalue weighted by molar-refractivity contribution is 0.0948. The number of carbonyl (C=O) groups is 1. The van der Waals surface area contributed by atoms with Crippen LogP contribution in [0.4, 0.5) is 0 Å². The van der Waals surface area contributed by atoms with E-state index in [0.29, 0.717) is 12.2 Å². The van der Waals surface area contributed by atoms with Crippen LogP contribution in [0.2, 0.25) is 0 Å². The molecule has 1 unspecified atom stereocenters. The molecule has 1 aromatic rings. The number of terminal acetylenes is 1. The SMILES string of the molecule is C#CC(C)NC(=O)c1ccc(OCCCC)cc1. The number of rotatable bonds is 6. The molecule has 0 radical (unpaired) electrons. The monoisotopic (exact) mass is 245 g/mol. The minimum Gasteiger partial charge on any atom is -0.494 e. The Balaban J connectivity index is 2.54. The summed E-state index contributed by atoms with van der Waals surface area (Å²) in [5.41, 5.74) is 0.583. The molecule has 0 spiro atoms. The molecule has 3 nitrogen and oxygen atoms in total. The molecule has 0 aliphatic carbocycles. The Morgan fingerprint density at radius 1 is 1.44 bits per heavy atom. The van der Waals surface area contributed by atoms with Crippen molar-refractivity contribution in [2.45, 2.75) is 32.7 Å². The molecule has 1 atom stereocenters. The van der Waals surface area contributed by atoms with Gasteiger partial charge in [-0.15, -0.1) is 6.42 Å². The molecule has 0 saturated carbocycles. The Hall–Kier alpha value is -1.95. The van der Waals surface area contributed by atoms with Gasteiger partial charge in [0.15, 0.2) is 0 Å². The zero-order valence-corrected chi connectivity index (χ0v) is 10.9. The molecule has 1 rings (SSSR count). The summed E-state index contributed by atoms with van der Waals surface area (Å²) in [6.07, 6.45) is 7.34. The Labute approximate surface area is 109 Å². The van der Waals surface area contributed by atoms with Crippen molar-refractivity contribution in [1.29, 1.82) is 0 Å². The number of benzene rings is 1. The van der Waals surface area contributed by atoms with E-state index in [1.54, 1.807) is 31.2 Å². The van der Waals surface area contributed by atoms with Gasteiger partial charge >= 0.3 is 0 Å². The molecular weight excluding hydrogens is 226 g/mol. The second-order valence-electron chi connectivity index (χ2n) is 4.09. The van der Waals surface area contributed by atoms with Crippen molar-refractivity contribution in [2.24, 2.45) is 0 Å². The summed E-state index contributed by atoms with van der Waals surface area (Å²) in [4.78, 5) is 11.7. The van der Waals surface area contributed by atoms with Crippen LogP contribution >= 0.6 is 0 Å². The predicted molar refractivity (Wildman–Crippen MR) is 72.6 cm³/mol. The molecule has 0 heterocycles. The molecule has 0 aromatic heterocycles. The molecular formula is C15H19NO2. The minimum atomic E-state index is -0.266. The lowest BCUT2D eigenvalue weighted by Gasteiger charge is -2.09. The van der Waals surface area contributed by atoms with E-state index in [9.17, 15) is 4.79 Å². The molecule has 96 valence electrons. The topological polar surface area (TPSA) is 38.3 Å². The fourth-order valence-electron chi connectivity index (χ4n) is 1.36. The number of hydrogen-bond acceptors (Lipinski definition) is 2. The van der Waals surface area contributed by atoms with Crippen LogP contribution in [0.5, 0.6) is 5.75 Å². The maximum absolute atomic E-state index is 11.7. The van der Waals surface area contributed by atoms with E-state index in [1.807, 2.05) is 0 Å². The highest BCUT2D eigenvalue weighted by atomic mass is 16.5. The van der Waals surface area contributed by atoms with Gasteiger partial charge in [-0.05, 0) is 37.6 Å². The number of carbonyl (C=O) groups excluding carboxylic acids is 1. The summed E-state index contributed by atoms with van der Waals surface area (Å²) >= 11 is 0. The first-order chi connectivity index (χ1) is 8.67. The highest BCUT2D eigenvalue weighted by molar-refractivity contribution is 5.94. The minimum absolute atomic E-state index is 0.166. The number of unbranched alkanes of at least 4 members (excludes halogenated alkanes) is 1. The Morgan fingerprint density at radius 2 is 2.11 bits per heavy atom. The van der Waals surface area contributed by atoms with Crippen molar-refractivity contribution >= 4 is 5.91 Å². The number of ether oxygens (including phenoxy) is 1. The standard InChI is InChI=1S/C15H19NO2/c1-4-6-11-18-14-9-7-13(8-10-14)15(17)16-12(3)5-2/h2,7-10,12H,4,6,11H2,1,3H3,(H,16,17). The third-order valence-electron chi connectivity index (χ3n) is 2.48. The predicted octanol–water partition coefficient (Wildman–Crippen LogP) is 2.62. The largest absolute Gasteiger partial charge is 0.494 e. The van der Waals surface area contributed by atoms with Gasteiger partial charge < -0.3 is 10.1 Å². The number of hydrogen-bond donors (Lipinski definition) is 1. The van der Waals surface area contributed by atoms with Gasteiger partial charge in [-0.3, -0.25) is 4.79 Å². The number of nitrogens with one attached hydrogen (secondary N) is 1. The van der Waals surface area contributed by atoms with Crippen LogP contribution in [0.15, 0.2) is 24.3 Å². The molecule has 18 heavy (non-hydrogen) atoms. The maximum Gasteiger partial charge on any atom is 0.252 e. The van der Waals surface area contributed by atoms with Gasteiger partial charge in [0.25, 0.3) is 5.91 Å². The molecule has 0 saturated heterocycles. The van der Waals surface area contributed by atoms with Gasteiger partial charge in [-0.2, -0.15) is 0 Å². The van der Waals surface area contributed by atoms with Crippen LogP contribution in [0, 0.1) is 12.3 Å². The summed E-state index contributed by atoms with van der Waals surface area (Å²) in [5, 5.41) is 2.70. The molecule has 1 aromatic carbocycles. The second-order valence-corrected chi connectivity index (χ2v) is 4.09. The lowest BCUT2D eigenvalue weighted by Crippen LogP contribution is -2.31. The quantitative estimate of drug-likeness (QED) is 0.618. The molecule has 0 aliphatic heterocycles. The Kier molecular flexibility index (Phi) is 5.79. The van der Waals surface area contributed by atoms with E-state index >= 15 is 0 Å². The summed E-state index contributed by atoms with van der Waals surface area (Å²) in [5.74, 6) is 3.07. The van der Waals surface area contributed by atoms with Crippen molar-refractivity contribution in [2.75, 3.05) is 6.61 Å². The Morgan fingerprint density at radius 3 is 2.67 bits per heavy atom. The lowest BCUT2D eigenvalue weighted by atomic mass is 10.2. The summed E-state index contributed by atoms with van der Waals surface area (Å²) in [6.45, 7) is 4.58. The second kappa shape index (κ2) is 7.39. The van der Waals surface area contributed by atoms with Gasteiger partial charge in [0.1, 0.15) is 5.75 Å². The Bertz CT molecular complexity index is 417. The van der Waals surface area contributed by atoms with Crippen LogP contribution < -0.4 is 10.1 Å². The zero-order valence-electron chi connectivity index (χ0n) is 10.9. The highest BCUT2D eigenvalue weighted by Gasteiger charge is 2.07. The van der Waals surface area contributed by atoms with E-state index in [2.05, 4.69) is 18.2 Å². The maximum atomic E-state index is 11.7. The van der Waals surface area contributed by atoms with Crippen LogP contribution in [0.1, 0.15) is 37.0 Å². The first kappa shape index (κ1) is 14.1. The van der Waals surface area contributed by atoms with Gasteiger partial charge in [-0.25, -0.2) is 0 Å². The van der Waals surface area contributed by atoms with Crippen LogP contribution in [0.25, 0.3) is 0 Å². The molecule has 0 aliphatic rings. The molecule has 1 amide bonds. The fraction of sp³-hybridized carbons (Fsp3) is 0.400. The molecule has 3 heteroatoms. The van der Waals surface area contributed by atoms with E-state index in [1.165, 1.54) is 0 Å². The molecule has 0 bridgehead atoms. The van der Waals surface area contributed by atoms with Crippen LogP contribution in [-0.2, 0) is 0 Å². The normalized spacial score (nSPS) is 11.4. The first-order valence-electron chi connectivity index (χ1n) is 6.17. The third kappa shape index (κ3) is 4.50.